The molecule has 0 radical (unpaired) electrons. The molecular formula is C13H21N3S. The molecule has 0 fully saturated rings. The summed E-state index contributed by atoms with van der Waals surface area (Å²) in [4.78, 5) is 6.91. The van der Waals surface area contributed by atoms with Crippen molar-refractivity contribution in [2.24, 2.45) is 5.73 Å². The van der Waals surface area contributed by atoms with Crippen molar-refractivity contribution in [2.75, 3.05) is 7.05 Å². The van der Waals surface area contributed by atoms with Crippen LogP contribution in [0.15, 0.2) is 18.3 Å². The summed E-state index contributed by atoms with van der Waals surface area (Å²) < 4.78 is 0. The lowest BCUT2D eigenvalue weighted by Crippen LogP contribution is -2.40. The van der Waals surface area contributed by atoms with Crippen LogP contribution in [0.3, 0.4) is 0 Å². The lowest BCUT2D eigenvalue weighted by atomic mass is 9.99. The predicted octanol–water partition coefficient (Wildman–Crippen LogP) is 2.34. The zero-order valence-electron chi connectivity index (χ0n) is 11.0. The van der Waals surface area contributed by atoms with E-state index >= 15 is 0 Å². The van der Waals surface area contributed by atoms with E-state index in [0.29, 0.717) is 4.99 Å². The third kappa shape index (κ3) is 3.48. The normalized spacial score (nSPS) is 11.8. The average Bonchev–Trinajstić information content (AvgIpc) is 2.29. The Morgan fingerprint density at radius 3 is 2.71 bits per heavy atom. The van der Waals surface area contributed by atoms with Crippen molar-refractivity contribution in [3.05, 3.63) is 29.6 Å². The van der Waals surface area contributed by atoms with E-state index in [9.17, 15) is 0 Å². The van der Waals surface area contributed by atoms with Crippen molar-refractivity contribution in [2.45, 2.75) is 39.3 Å². The minimum Gasteiger partial charge on any atom is -0.388 e. The minimum atomic E-state index is 0.156. The monoisotopic (exact) mass is 251 g/mol. The van der Waals surface area contributed by atoms with Crippen LogP contribution in [0.1, 0.15) is 38.4 Å². The zero-order valence-corrected chi connectivity index (χ0v) is 11.8. The number of hydrogen-bond donors (Lipinski definition) is 1. The van der Waals surface area contributed by atoms with Gasteiger partial charge in [-0.1, -0.05) is 25.2 Å². The van der Waals surface area contributed by atoms with E-state index in [0.717, 1.165) is 24.2 Å². The fourth-order valence-corrected chi connectivity index (χ4v) is 1.71. The molecular weight excluding hydrogens is 230 g/mol. The molecule has 0 aromatic carbocycles. The highest BCUT2D eigenvalue weighted by atomic mass is 32.1. The van der Waals surface area contributed by atoms with E-state index in [4.69, 9.17) is 18.0 Å². The number of aromatic nitrogens is 1. The van der Waals surface area contributed by atoms with Crippen molar-refractivity contribution in [1.29, 1.82) is 0 Å². The highest BCUT2D eigenvalue weighted by molar-refractivity contribution is 7.80. The Balaban J connectivity index is 2.92. The number of thiocarbonyl (C=S) groups is 1. The topological polar surface area (TPSA) is 42.2 Å². The van der Waals surface area contributed by atoms with E-state index in [2.05, 4.69) is 37.7 Å². The van der Waals surface area contributed by atoms with Crippen LogP contribution in [0.25, 0.3) is 0 Å². The Labute approximate surface area is 109 Å². The van der Waals surface area contributed by atoms with Gasteiger partial charge in [-0.3, -0.25) is 9.88 Å². The molecule has 1 rings (SSSR count). The maximum Gasteiger partial charge on any atom is 0.123 e. The van der Waals surface area contributed by atoms with Crippen LogP contribution >= 0.6 is 12.2 Å². The van der Waals surface area contributed by atoms with Crippen molar-refractivity contribution in [3.8, 4) is 0 Å². The SMILES string of the molecule is CCC(C)(C)N(C)Cc1cccnc1C(N)=S. The van der Waals surface area contributed by atoms with Crippen molar-refractivity contribution in [3.63, 3.8) is 0 Å². The standard InChI is InChI=1S/C13H21N3S/c1-5-13(2,3)16(4)9-10-7-6-8-15-11(10)12(14)17/h6-8H,5,9H2,1-4H3,(H2,14,17). The van der Waals surface area contributed by atoms with Gasteiger partial charge in [-0.2, -0.15) is 0 Å². The van der Waals surface area contributed by atoms with Crippen LogP contribution in [0, 0.1) is 0 Å². The molecule has 0 saturated carbocycles. The van der Waals surface area contributed by atoms with E-state index in [1.165, 1.54) is 0 Å². The van der Waals surface area contributed by atoms with Crippen LogP contribution in [-0.2, 0) is 6.54 Å². The molecule has 1 aromatic rings. The minimum absolute atomic E-state index is 0.156. The van der Waals surface area contributed by atoms with Gasteiger partial charge in [0.2, 0.25) is 0 Å². The predicted molar refractivity (Wildman–Crippen MR) is 76.0 cm³/mol. The van der Waals surface area contributed by atoms with Crippen molar-refractivity contribution in [1.82, 2.24) is 9.88 Å². The molecule has 2 N–H and O–H groups in total. The first kappa shape index (κ1) is 14.1. The second kappa shape index (κ2) is 5.56. The van der Waals surface area contributed by atoms with E-state index < -0.39 is 0 Å². The summed E-state index contributed by atoms with van der Waals surface area (Å²) in [5, 5.41) is 0. The van der Waals surface area contributed by atoms with Gasteiger partial charge in [0, 0.05) is 18.3 Å². The summed E-state index contributed by atoms with van der Waals surface area (Å²) >= 11 is 5.02. The third-order valence-electron chi connectivity index (χ3n) is 3.43. The summed E-state index contributed by atoms with van der Waals surface area (Å²) in [5.74, 6) is 0. The average molecular weight is 251 g/mol. The second-order valence-electron chi connectivity index (χ2n) is 4.90. The van der Waals surface area contributed by atoms with Gasteiger partial charge in [0.1, 0.15) is 10.7 Å². The van der Waals surface area contributed by atoms with Gasteiger partial charge >= 0.3 is 0 Å². The van der Waals surface area contributed by atoms with Gasteiger partial charge in [0.25, 0.3) is 0 Å². The number of nitrogens with zero attached hydrogens (tertiary/aromatic N) is 2. The summed E-state index contributed by atoms with van der Waals surface area (Å²) in [6.45, 7) is 7.45. The van der Waals surface area contributed by atoms with Gasteiger partial charge in [-0.25, -0.2) is 0 Å². The molecule has 0 aliphatic carbocycles. The maximum atomic E-state index is 5.68. The Kier molecular flexibility index (Phi) is 4.60. The molecule has 94 valence electrons. The third-order valence-corrected chi connectivity index (χ3v) is 3.62. The van der Waals surface area contributed by atoms with Gasteiger partial charge in [-0.05, 0) is 38.9 Å². The molecule has 4 heteroatoms. The molecule has 1 heterocycles. The molecule has 3 nitrogen and oxygen atoms in total. The number of rotatable bonds is 5. The second-order valence-corrected chi connectivity index (χ2v) is 5.34. The Morgan fingerprint density at radius 1 is 1.53 bits per heavy atom. The fraction of sp³-hybridized carbons (Fsp3) is 0.538. The molecule has 0 bridgehead atoms. The molecule has 0 atom stereocenters. The molecule has 0 saturated heterocycles. The molecule has 0 unspecified atom stereocenters. The summed E-state index contributed by atoms with van der Waals surface area (Å²) in [6, 6.07) is 3.95. The van der Waals surface area contributed by atoms with Crippen molar-refractivity contribution < 1.29 is 0 Å². The largest absolute Gasteiger partial charge is 0.388 e. The first-order chi connectivity index (χ1) is 7.88. The van der Waals surface area contributed by atoms with Crippen LogP contribution in [0.5, 0.6) is 0 Å². The molecule has 0 spiro atoms. The summed E-state index contributed by atoms with van der Waals surface area (Å²) in [6.07, 6.45) is 2.81. The van der Waals surface area contributed by atoms with Gasteiger partial charge in [0.05, 0.1) is 0 Å². The zero-order chi connectivity index (χ0) is 13.1. The first-order valence-corrected chi connectivity index (χ1v) is 6.24. The van der Waals surface area contributed by atoms with E-state index in [-0.39, 0.29) is 5.54 Å². The van der Waals surface area contributed by atoms with Gasteiger partial charge < -0.3 is 5.73 Å². The molecule has 17 heavy (non-hydrogen) atoms. The van der Waals surface area contributed by atoms with E-state index in [1.54, 1.807) is 6.20 Å². The first-order valence-electron chi connectivity index (χ1n) is 5.83. The van der Waals surface area contributed by atoms with Gasteiger partial charge in [0.15, 0.2) is 0 Å². The van der Waals surface area contributed by atoms with Crippen LogP contribution in [0.4, 0.5) is 0 Å². The number of pyridine rings is 1. The molecule has 0 amide bonds. The van der Waals surface area contributed by atoms with Crippen LogP contribution in [0.2, 0.25) is 0 Å². The Hall–Kier alpha value is -1.00. The quantitative estimate of drug-likeness (QED) is 0.816. The summed E-state index contributed by atoms with van der Waals surface area (Å²) in [7, 11) is 2.11. The van der Waals surface area contributed by atoms with E-state index in [1.807, 2.05) is 12.1 Å². The summed E-state index contributed by atoms with van der Waals surface area (Å²) in [5.41, 5.74) is 7.66. The molecule has 1 aromatic heterocycles. The fourth-order valence-electron chi connectivity index (χ4n) is 1.53. The lowest BCUT2D eigenvalue weighted by molar-refractivity contribution is 0.143. The maximum absolute atomic E-state index is 5.68. The molecule has 0 aliphatic heterocycles. The van der Waals surface area contributed by atoms with Gasteiger partial charge in [-0.15, -0.1) is 0 Å². The van der Waals surface area contributed by atoms with Crippen LogP contribution < -0.4 is 5.73 Å². The van der Waals surface area contributed by atoms with Crippen molar-refractivity contribution >= 4 is 17.2 Å². The Morgan fingerprint density at radius 2 is 2.18 bits per heavy atom. The smallest absolute Gasteiger partial charge is 0.123 e. The highest BCUT2D eigenvalue weighted by Crippen LogP contribution is 2.20. The lowest BCUT2D eigenvalue weighted by Gasteiger charge is -2.35. The number of nitrogens with two attached hydrogens (primary N) is 1. The Bertz CT molecular complexity index is 401. The van der Waals surface area contributed by atoms with Crippen LogP contribution in [-0.4, -0.2) is 27.5 Å². The number of hydrogen-bond acceptors (Lipinski definition) is 3. The highest BCUT2D eigenvalue weighted by Gasteiger charge is 2.22. The molecule has 0 aliphatic rings.